The molecule has 2 unspecified atom stereocenters. The Morgan fingerprint density at radius 3 is 2.35 bits per heavy atom. The summed E-state index contributed by atoms with van der Waals surface area (Å²) < 4.78 is 46.3. The molecule has 3 aromatic heterocycles. The van der Waals surface area contributed by atoms with E-state index in [-0.39, 0.29) is 40.8 Å². The fourth-order valence-corrected chi connectivity index (χ4v) is 4.38. The molecule has 4 rings (SSSR count). The first-order valence-corrected chi connectivity index (χ1v) is 13.7. The van der Waals surface area contributed by atoms with Crippen LogP contribution in [0, 0.1) is 31.4 Å². The minimum Gasteiger partial charge on any atom is -0.473 e. The van der Waals surface area contributed by atoms with E-state index >= 15 is 0 Å². The Hall–Kier alpha value is -4.59. The molecular formula is C29H34F2N6O6. The predicted octanol–water partition coefficient (Wildman–Crippen LogP) is 4.49. The first-order valence-electron chi connectivity index (χ1n) is 13.7. The average Bonchev–Trinajstić information content (AvgIpc) is 3.53. The van der Waals surface area contributed by atoms with Gasteiger partial charge in [0.15, 0.2) is 0 Å². The van der Waals surface area contributed by atoms with Crippen LogP contribution in [-0.4, -0.2) is 49.6 Å². The van der Waals surface area contributed by atoms with E-state index in [1.807, 2.05) is 13.8 Å². The molecule has 12 nitrogen and oxygen atoms in total. The summed E-state index contributed by atoms with van der Waals surface area (Å²) in [7, 11) is 0. The number of ether oxygens (including phenoxy) is 2. The van der Waals surface area contributed by atoms with Crippen LogP contribution in [0.5, 0.6) is 5.88 Å². The highest BCUT2D eigenvalue weighted by Crippen LogP contribution is 2.27. The second-order valence-corrected chi connectivity index (χ2v) is 10.6. The summed E-state index contributed by atoms with van der Waals surface area (Å²) in [5.74, 6) is -2.06. The molecular weight excluding hydrogens is 566 g/mol. The number of halogens is 2. The van der Waals surface area contributed by atoms with Gasteiger partial charge in [0.1, 0.15) is 30.3 Å². The number of nitrogens with one attached hydrogen (secondary N) is 2. The Morgan fingerprint density at radius 2 is 1.72 bits per heavy atom. The zero-order chi connectivity index (χ0) is 31.4. The Morgan fingerprint density at radius 1 is 1.05 bits per heavy atom. The van der Waals surface area contributed by atoms with Crippen LogP contribution >= 0.6 is 0 Å². The molecule has 0 spiro atoms. The maximum Gasteiger partial charge on any atom is 0.408 e. The van der Waals surface area contributed by atoms with E-state index in [4.69, 9.17) is 13.9 Å². The molecule has 2 atom stereocenters. The van der Waals surface area contributed by atoms with Crippen molar-refractivity contribution in [2.75, 3.05) is 6.61 Å². The van der Waals surface area contributed by atoms with Gasteiger partial charge in [-0.05, 0) is 57.4 Å². The zero-order valence-corrected chi connectivity index (χ0v) is 24.6. The van der Waals surface area contributed by atoms with Crippen LogP contribution < -0.4 is 15.4 Å². The smallest absolute Gasteiger partial charge is 0.408 e. The predicted molar refractivity (Wildman–Crippen MR) is 149 cm³/mol. The van der Waals surface area contributed by atoms with Gasteiger partial charge in [0.05, 0.1) is 35.0 Å². The van der Waals surface area contributed by atoms with Gasteiger partial charge in [0.25, 0.3) is 5.91 Å². The quantitative estimate of drug-likeness (QED) is 0.226. The maximum atomic E-state index is 14.1. The highest BCUT2D eigenvalue weighted by atomic mass is 19.1. The largest absolute Gasteiger partial charge is 0.473 e. The molecule has 230 valence electrons. The Labute approximate surface area is 246 Å². The molecule has 4 aromatic rings. The lowest BCUT2D eigenvalue weighted by Gasteiger charge is -2.19. The number of nitrogens with zero attached hydrogens (tertiary/aromatic N) is 4. The van der Waals surface area contributed by atoms with Crippen molar-refractivity contribution >= 4 is 17.5 Å². The van der Waals surface area contributed by atoms with Crippen LogP contribution in [0.1, 0.15) is 78.7 Å². The first-order chi connectivity index (χ1) is 20.4. The molecule has 0 fully saturated rings. The molecule has 0 aliphatic rings. The van der Waals surface area contributed by atoms with E-state index in [0.29, 0.717) is 16.8 Å². The van der Waals surface area contributed by atoms with Gasteiger partial charge in [-0.2, -0.15) is 9.61 Å². The van der Waals surface area contributed by atoms with E-state index in [1.54, 1.807) is 39.8 Å². The number of benzene rings is 1. The number of aryl methyl sites for hydroxylation is 2. The molecule has 0 radical (unpaired) electrons. The fourth-order valence-electron chi connectivity index (χ4n) is 4.38. The van der Waals surface area contributed by atoms with Gasteiger partial charge < -0.3 is 29.6 Å². The highest BCUT2D eigenvalue weighted by molar-refractivity contribution is 6.02. The second kappa shape index (κ2) is 13.2. The van der Waals surface area contributed by atoms with E-state index in [9.17, 15) is 23.5 Å². The molecule has 0 aliphatic heterocycles. The van der Waals surface area contributed by atoms with Crippen LogP contribution in [0.15, 0.2) is 34.7 Å². The van der Waals surface area contributed by atoms with E-state index in [0.717, 1.165) is 12.1 Å². The molecule has 0 saturated heterocycles. The van der Waals surface area contributed by atoms with Crippen LogP contribution in [0.3, 0.4) is 0 Å². The number of carbonyl (C=O) groups is 2. The Balaban J connectivity index is 1.57. The summed E-state index contributed by atoms with van der Waals surface area (Å²) in [6.07, 6.45) is -0.980. The second-order valence-electron chi connectivity index (χ2n) is 10.6. The molecule has 0 saturated carbocycles. The van der Waals surface area contributed by atoms with Gasteiger partial charge in [0, 0.05) is 6.07 Å². The lowest BCUT2D eigenvalue weighted by Crippen LogP contribution is -2.34. The molecule has 1 aromatic carbocycles. The van der Waals surface area contributed by atoms with Crippen LogP contribution in [0.4, 0.5) is 13.6 Å². The number of aliphatic hydroxyl groups is 1. The minimum atomic E-state index is -1.08. The average molecular weight is 601 g/mol. The van der Waals surface area contributed by atoms with Gasteiger partial charge in [-0.1, -0.05) is 19.9 Å². The van der Waals surface area contributed by atoms with Crippen molar-refractivity contribution in [1.82, 2.24) is 30.4 Å². The SMILES string of the molecule is Cc1cc(OCc2c(F)cccc2F)n2nc(C)c(C(=O)NC(CO)c3nnc(C(NC(=O)OC(C)C)C(C)C)o3)c2c1. The minimum absolute atomic E-state index is 0.0724. The van der Waals surface area contributed by atoms with Crippen molar-refractivity contribution in [3.8, 4) is 5.88 Å². The number of aromatic nitrogens is 4. The first kappa shape index (κ1) is 31.3. The Bertz CT molecular complexity index is 1600. The number of hydrogen-bond donors (Lipinski definition) is 3. The third-order valence-electron chi connectivity index (χ3n) is 6.46. The van der Waals surface area contributed by atoms with Gasteiger partial charge in [-0.3, -0.25) is 4.79 Å². The van der Waals surface area contributed by atoms with Crippen molar-refractivity contribution < 1.29 is 37.4 Å². The molecule has 14 heteroatoms. The number of fused-ring (bicyclic) bond motifs is 1. The number of rotatable bonds is 11. The summed E-state index contributed by atoms with van der Waals surface area (Å²) in [5, 5.41) is 27.9. The van der Waals surface area contributed by atoms with Crippen LogP contribution in [0.25, 0.3) is 5.52 Å². The van der Waals surface area contributed by atoms with E-state index < -0.39 is 48.9 Å². The van der Waals surface area contributed by atoms with Crippen molar-refractivity contribution in [3.05, 3.63) is 76.1 Å². The normalized spacial score (nSPS) is 12.9. The molecule has 3 heterocycles. The lowest BCUT2D eigenvalue weighted by molar-refractivity contribution is 0.0904. The summed E-state index contributed by atoms with van der Waals surface area (Å²) in [6, 6.07) is 5.12. The molecule has 3 N–H and O–H groups in total. The van der Waals surface area contributed by atoms with Gasteiger partial charge in [-0.25, -0.2) is 13.6 Å². The topological polar surface area (TPSA) is 153 Å². The molecule has 43 heavy (non-hydrogen) atoms. The number of amides is 2. The van der Waals surface area contributed by atoms with Crippen molar-refractivity contribution in [2.45, 2.75) is 66.3 Å². The standard InChI is InChI=1S/C29H34F2N6O6/c1-14(2)25(33-29(40)42-15(3)4)28-35-34-27(43-28)21(12-38)32-26(39)24-17(6)36-37-22(24)10-16(5)11-23(37)41-13-18-19(30)8-7-9-20(18)31/h7-11,14-15,21,25,38H,12-13H2,1-6H3,(H,32,39)(H,33,40). The van der Waals surface area contributed by atoms with Crippen LogP contribution in [-0.2, 0) is 11.3 Å². The highest BCUT2D eigenvalue weighted by Gasteiger charge is 2.29. The molecule has 2 amide bonds. The van der Waals surface area contributed by atoms with Crippen molar-refractivity contribution in [2.24, 2.45) is 5.92 Å². The van der Waals surface area contributed by atoms with Gasteiger partial charge in [0.2, 0.25) is 17.7 Å². The number of hydrogen-bond acceptors (Lipinski definition) is 9. The van der Waals surface area contributed by atoms with Crippen molar-refractivity contribution in [1.29, 1.82) is 0 Å². The summed E-state index contributed by atoms with van der Waals surface area (Å²) in [5.41, 5.74) is 1.35. The third kappa shape index (κ3) is 7.08. The Kier molecular flexibility index (Phi) is 9.59. The summed E-state index contributed by atoms with van der Waals surface area (Å²) in [6.45, 7) is 9.55. The lowest BCUT2D eigenvalue weighted by atomic mass is 10.1. The van der Waals surface area contributed by atoms with Gasteiger partial charge in [-0.15, -0.1) is 10.2 Å². The monoisotopic (exact) mass is 600 g/mol. The summed E-state index contributed by atoms with van der Waals surface area (Å²) >= 11 is 0. The fraction of sp³-hybridized carbons (Fsp3) is 0.414. The molecule has 0 aliphatic carbocycles. The van der Waals surface area contributed by atoms with E-state index in [2.05, 4.69) is 25.9 Å². The number of pyridine rings is 1. The van der Waals surface area contributed by atoms with Gasteiger partial charge >= 0.3 is 6.09 Å². The van der Waals surface area contributed by atoms with E-state index in [1.165, 1.54) is 10.6 Å². The number of carbonyl (C=O) groups excluding carboxylic acids is 2. The molecule has 0 bridgehead atoms. The third-order valence-corrected chi connectivity index (χ3v) is 6.46. The van der Waals surface area contributed by atoms with Crippen molar-refractivity contribution in [3.63, 3.8) is 0 Å². The maximum absolute atomic E-state index is 14.1. The van der Waals surface area contributed by atoms with Crippen LogP contribution in [0.2, 0.25) is 0 Å². The number of alkyl carbamates (subject to hydrolysis) is 1. The zero-order valence-electron chi connectivity index (χ0n) is 24.6. The number of aliphatic hydroxyl groups excluding tert-OH is 1. The summed E-state index contributed by atoms with van der Waals surface area (Å²) in [4.78, 5) is 25.7.